The van der Waals surface area contributed by atoms with Crippen LogP contribution in [0, 0.1) is 6.92 Å². The van der Waals surface area contributed by atoms with Gasteiger partial charge in [0.05, 0.1) is 17.7 Å². The molecule has 0 atom stereocenters. The second kappa shape index (κ2) is 7.33. The predicted molar refractivity (Wildman–Crippen MR) is 90.2 cm³/mol. The van der Waals surface area contributed by atoms with Crippen molar-refractivity contribution in [1.29, 1.82) is 0 Å². The molecule has 0 radical (unpaired) electrons. The smallest absolute Gasteiger partial charge is 0.339 e. The second-order valence-corrected chi connectivity index (χ2v) is 7.25. The molecule has 0 heterocycles. The van der Waals surface area contributed by atoms with E-state index in [0.29, 0.717) is 16.6 Å². The van der Waals surface area contributed by atoms with Crippen molar-refractivity contribution in [2.75, 3.05) is 6.61 Å². The van der Waals surface area contributed by atoms with Crippen molar-refractivity contribution < 1.29 is 22.4 Å². The first-order valence-corrected chi connectivity index (χ1v) is 9.14. The Kier molecular flexibility index (Phi) is 5.67. The molecule has 2 aromatic carbocycles. The minimum Gasteiger partial charge on any atom is -0.490 e. The number of halogens is 1. The molecule has 1 N–H and O–H groups in total. The lowest BCUT2D eigenvalue weighted by molar-refractivity contribution is 0.279. The zero-order valence-corrected chi connectivity index (χ0v) is 15.1. The van der Waals surface area contributed by atoms with E-state index in [9.17, 15) is 13.5 Å². The monoisotopic (exact) mass is 400 g/mol. The fourth-order valence-corrected chi connectivity index (χ4v) is 3.55. The maximum Gasteiger partial charge on any atom is 0.339 e. The van der Waals surface area contributed by atoms with Crippen LogP contribution in [0.5, 0.6) is 11.5 Å². The zero-order chi connectivity index (χ0) is 17.0. The lowest BCUT2D eigenvalue weighted by Gasteiger charge is -2.14. The first kappa shape index (κ1) is 17.8. The van der Waals surface area contributed by atoms with Gasteiger partial charge in [-0.05, 0) is 59.6 Å². The van der Waals surface area contributed by atoms with Crippen LogP contribution in [0.25, 0.3) is 0 Å². The fraction of sp³-hybridized carbons (Fsp3) is 0.250. The number of aryl methyl sites for hydroxylation is 1. The Labute approximate surface area is 144 Å². The third kappa shape index (κ3) is 4.25. The molecule has 2 aromatic rings. The van der Waals surface area contributed by atoms with Crippen molar-refractivity contribution in [3.8, 4) is 11.5 Å². The Morgan fingerprint density at radius 3 is 2.39 bits per heavy atom. The van der Waals surface area contributed by atoms with E-state index in [0.717, 1.165) is 5.56 Å². The highest BCUT2D eigenvalue weighted by molar-refractivity contribution is 9.10. The van der Waals surface area contributed by atoms with Crippen molar-refractivity contribution in [1.82, 2.24) is 0 Å². The summed E-state index contributed by atoms with van der Waals surface area (Å²) in [6.45, 7) is 3.79. The summed E-state index contributed by atoms with van der Waals surface area (Å²) in [4.78, 5) is 0.0590. The molecule has 0 aliphatic heterocycles. The largest absolute Gasteiger partial charge is 0.490 e. The third-order valence-corrected chi connectivity index (χ3v) is 4.88. The van der Waals surface area contributed by atoms with Gasteiger partial charge >= 0.3 is 10.1 Å². The lowest BCUT2D eigenvalue weighted by atomic mass is 10.2. The Morgan fingerprint density at radius 1 is 1.17 bits per heavy atom. The van der Waals surface area contributed by atoms with E-state index in [-0.39, 0.29) is 23.0 Å². The third-order valence-electron chi connectivity index (χ3n) is 3.05. The van der Waals surface area contributed by atoms with Gasteiger partial charge in [-0.3, -0.25) is 0 Å². The van der Waals surface area contributed by atoms with E-state index in [4.69, 9.17) is 8.92 Å². The van der Waals surface area contributed by atoms with E-state index in [1.54, 1.807) is 31.2 Å². The highest BCUT2D eigenvalue weighted by Crippen LogP contribution is 2.38. The highest BCUT2D eigenvalue weighted by Gasteiger charge is 2.22. The molecule has 0 unspecified atom stereocenters. The molecule has 0 amide bonds. The molecule has 0 saturated carbocycles. The maximum atomic E-state index is 12.4. The van der Waals surface area contributed by atoms with E-state index >= 15 is 0 Å². The van der Waals surface area contributed by atoms with Crippen LogP contribution < -0.4 is 8.92 Å². The zero-order valence-electron chi connectivity index (χ0n) is 12.7. The molecule has 0 aliphatic carbocycles. The van der Waals surface area contributed by atoms with Crippen LogP contribution in [-0.2, 0) is 16.7 Å². The molecule has 7 heteroatoms. The summed E-state index contributed by atoms with van der Waals surface area (Å²) < 4.78 is 35.9. The Hall–Kier alpha value is -1.57. The molecule has 0 saturated heterocycles. The molecule has 0 aliphatic rings. The quantitative estimate of drug-likeness (QED) is 0.751. The number of aliphatic hydroxyl groups is 1. The number of aliphatic hydroxyl groups excluding tert-OH is 1. The molecule has 0 fully saturated rings. The molecule has 124 valence electrons. The summed E-state index contributed by atoms with van der Waals surface area (Å²) in [6.07, 6.45) is 0. The van der Waals surface area contributed by atoms with Gasteiger partial charge in [0, 0.05) is 0 Å². The van der Waals surface area contributed by atoms with Crippen molar-refractivity contribution in [2.24, 2.45) is 0 Å². The van der Waals surface area contributed by atoms with E-state index in [2.05, 4.69) is 15.9 Å². The number of hydrogen-bond donors (Lipinski definition) is 1. The Morgan fingerprint density at radius 2 is 1.83 bits per heavy atom. The van der Waals surface area contributed by atoms with Crippen LogP contribution in [0.15, 0.2) is 45.8 Å². The lowest BCUT2D eigenvalue weighted by Crippen LogP contribution is -2.11. The van der Waals surface area contributed by atoms with Crippen LogP contribution >= 0.6 is 15.9 Å². The molecule has 2 rings (SSSR count). The Balaban J connectivity index is 2.43. The first-order valence-electron chi connectivity index (χ1n) is 6.94. The maximum absolute atomic E-state index is 12.4. The molecule has 0 aromatic heterocycles. The summed E-state index contributed by atoms with van der Waals surface area (Å²) in [6, 6.07) is 9.51. The number of hydrogen-bond acceptors (Lipinski definition) is 5. The predicted octanol–water partition coefficient (Wildman–Crippen LogP) is 3.42. The van der Waals surface area contributed by atoms with E-state index < -0.39 is 10.1 Å². The second-order valence-electron chi connectivity index (χ2n) is 4.85. The van der Waals surface area contributed by atoms with Crippen molar-refractivity contribution in [3.63, 3.8) is 0 Å². The van der Waals surface area contributed by atoms with Gasteiger partial charge in [-0.15, -0.1) is 0 Å². The number of benzene rings is 2. The van der Waals surface area contributed by atoms with Crippen LogP contribution in [0.3, 0.4) is 0 Å². The van der Waals surface area contributed by atoms with Gasteiger partial charge in [0.2, 0.25) is 0 Å². The van der Waals surface area contributed by atoms with Gasteiger partial charge in [-0.25, -0.2) is 0 Å². The van der Waals surface area contributed by atoms with Crippen LogP contribution in [0.4, 0.5) is 0 Å². The summed E-state index contributed by atoms with van der Waals surface area (Å²) in [7, 11) is -3.99. The van der Waals surface area contributed by atoms with Crippen LogP contribution in [0.2, 0.25) is 0 Å². The SMILES string of the molecule is CCOc1cc(CO)cc(Br)c1OS(=O)(=O)c1ccc(C)cc1. The average molecular weight is 401 g/mol. The first-order chi connectivity index (χ1) is 10.9. The number of ether oxygens (including phenoxy) is 1. The van der Waals surface area contributed by atoms with E-state index in [1.165, 1.54) is 12.1 Å². The topological polar surface area (TPSA) is 72.8 Å². The Bertz CT molecular complexity index is 785. The van der Waals surface area contributed by atoms with Gasteiger partial charge in [0.25, 0.3) is 0 Å². The van der Waals surface area contributed by atoms with Gasteiger partial charge in [-0.2, -0.15) is 8.42 Å². The summed E-state index contributed by atoms with van der Waals surface area (Å²) in [5.74, 6) is 0.311. The highest BCUT2D eigenvalue weighted by atomic mass is 79.9. The van der Waals surface area contributed by atoms with E-state index in [1.807, 2.05) is 6.92 Å². The van der Waals surface area contributed by atoms with Crippen LogP contribution in [0.1, 0.15) is 18.1 Å². The van der Waals surface area contributed by atoms with Crippen molar-refractivity contribution >= 4 is 26.0 Å². The van der Waals surface area contributed by atoms with Crippen LogP contribution in [-0.4, -0.2) is 20.1 Å². The summed E-state index contributed by atoms with van der Waals surface area (Å²) in [5.41, 5.74) is 1.54. The average Bonchev–Trinajstić information content (AvgIpc) is 2.51. The standard InChI is InChI=1S/C16H17BrO5S/c1-3-21-15-9-12(10-18)8-14(17)16(15)22-23(19,20)13-6-4-11(2)5-7-13/h4-9,18H,3,10H2,1-2H3. The van der Waals surface area contributed by atoms with Crippen molar-refractivity contribution in [2.45, 2.75) is 25.3 Å². The van der Waals surface area contributed by atoms with Gasteiger partial charge < -0.3 is 14.0 Å². The molecule has 0 spiro atoms. The van der Waals surface area contributed by atoms with Gasteiger partial charge in [-0.1, -0.05) is 17.7 Å². The van der Waals surface area contributed by atoms with Gasteiger partial charge in [0.1, 0.15) is 4.90 Å². The number of rotatable bonds is 6. The molecular formula is C16H17BrO5S. The summed E-state index contributed by atoms with van der Waals surface area (Å²) in [5, 5.41) is 9.25. The molecule has 23 heavy (non-hydrogen) atoms. The van der Waals surface area contributed by atoms with Crippen molar-refractivity contribution in [3.05, 3.63) is 52.0 Å². The normalized spacial score (nSPS) is 11.3. The summed E-state index contributed by atoms with van der Waals surface area (Å²) >= 11 is 3.27. The minimum absolute atomic E-state index is 0.0590. The molecular weight excluding hydrogens is 384 g/mol. The van der Waals surface area contributed by atoms with Gasteiger partial charge in [0.15, 0.2) is 11.5 Å². The minimum atomic E-state index is -3.99. The molecule has 0 bridgehead atoms. The molecule has 5 nitrogen and oxygen atoms in total. The fourth-order valence-electron chi connectivity index (χ4n) is 1.92.